The standard InChI is InChI=1S/C13H22N4/c1-9-7-17(8-10(2)16(9)3)11-4-5-12(14)13(15)6-11/h4-6,9-10H,7-8,14-15H2,1-3H3. The van der Waals surface area contributed by atoms with Gasteiger partial charge in [0.1, 0.15) is 0 Å². The molecule has 0 spiro atoms. The Morgan fingerprint density at radius 2 is 1.65 bits per heavy atom. The van der Waals surface area contributed by atoms with Crippen LogP contribution in [0.1, 0.15) is 13.8 Å². The van der Waals surface area contributed by atoms with Gasteiger partial charge >= 0.3 is 0 Å². The molecule has 2 rings (SSSR count). The number of likely N-dealkylation sites (N-methyl/N-ethyl adjacent to an activating group) is 1. The van der Waals surface area contributed by atoms with Gasteiger partial charge in [0, 0.05) is 30.9 Å². The molecule has 2 unspecified atom stereocenters. The highest BCUT2D eigenvalue weighted by atomic mass is 15.3. The molecule has 0 radical (unpaired) electrons. The van der Waals surface area contributed by atoms with Gasteiger partial charge in [-0.3, -0.25) is 4.90 Å². The Bertz CT molecular complexity index is 392. The lowest BCUT2D eigenvalue weighted by Gasteiger charge is -2.43. The molecule has 1 aliphatic rings. The molecule has 0 aliphatic carbocycles. The largest absolute Gasteiger partial charge is 0.397 e. The number of nitrogen functional groups attached to an aromatic ring is 2. The second-order valence-electron chi connectivity index (χ2n) is 5.08. The van der Waals surface area contributed by atoms with Crippen LogP contribution in [0.15, 0.2) is 18.2 Å². The van der Waals surface area contributed by atoms with E-state index in [1.807, 2.05) is 12.1 Å². The lowest BCUT2D eigenvalue weighted by molar-refractivity contribution is 0.170. The van der Waals surface area contributed by atoms with E-state index in [0.29, 0.717) is 23.5 Å². The van der Waals surface area contributed by atoms with Crippen LogP contribution in [0.4, 0.5) is 17.1 Å². The number of anilines is 3. The van der Waals surface area contributed by atoms with Gasteiger partial charge in [-0.15, -0.1) is 0 Å². The van der Waals surface area contributed by atoms with E-state index in [1.54, 1.807) is 0 Å². The van der Waals surface area contributed by atoms with Gasteiger partial charge in [0.2, 0.25) is 0 Å². The van der Waals surface area contributed by atoms with Crippen molar-refractivity contribution in [3.63, 3.8) is 0 Å². The number of benzene rings is 1. The fourth-order valence-electron chi connectivity index (χ4n) is 2.37. The van der Waals surface area contributed by atoms with Crippen LogP contribution >= 0.6 is 0 Å². The topological polar surface area (TPSA) is 58.5 Å². The fraction of sp³-hybridized carbons (Fsp3) is 0.538. The maximum atomic E-state index is 5.86. The van der Waals surface area contributed by atoms with Crippen LogP contribution in [-0.4, -0.2) is 37.1 Å². The summed E-state index contributed by atoms with van der Waals surface area (Å²) in [6.07, 6.45) is 0. The lowest BCUT2D eigenvalue weighted by Crippen LogP contribution is -2.55. The van der Waals surface area contributed by atoms with Crippen molar-refractivity contribution in [2.45, 2.75) is 25.9 Å². The van der Waals surface area contributed by atoms with Crippen molar-refractivity contribution >= 4 is 17.1 Å². The molecule has 94 valence electrons. The second kappa shape index (κ2) is 4.45. The number of nitrogens with two attached hydrogens (primary N) is 2. The van der Waals surface area contributed by atoms with Crippen molar-refractivity contribution in [2.75, 3.05) is 36.5 Å². The zero-order valence-corrected chi connectivity index (χ0v) is 10.9. The highest BCUT2D eigenvalue weighted by Gasteiger charge is 2.26. The molecule has 1 heterocycles. The zero-order chi connectivity index (χ0) is 12.6. The fourth-order valence-corrected chi connectivity index (χ4v) is 2.37. The molecule has 1 aromatic rings. The summed E-state index contributed by atoms with van der Waals surface area (Å²) in [7, 11) is 2.18. The van der Waals surface area contributed by atoms with Crippen molar-refractivity contribution in [3.05, 3.63) is 18.2 Å². The van der Waals surface area contributed by atoms with Gasteiger partial charge in [0.05, 0.1) is 11.4 Å². The minimum atomic E-state index is 0.553. The highest BCUT2D eigenvalue weighted by molar-refractivity contribution is 5.70. The Labute approximate surface area is 103 Å². The van der Waals surface area contributed by atoms with E-state index in [4.69, 9.17) is 11.5 Å². The van der Waals surface area contributed by atoms with Crippen molar-refractivity contribution in [3.8, 4) is 0 Å². The molecule has 2 atom stereocenters. The first-order chi connectivity index (χ1) is 7.99. The predicted molar refractivity (Wildman–Crippen MR) is 74.2 cm³/mol. The van der Waals surface area contributed by atoms with Crippen LogP contribution in [0.25, 0.3) is 0 Å². The van der Waals surface area contributed by atoms with Crippen LogP contribution in [0.3, 0.4) is 0 Å². The molecule has 0 aromatic heterocycles. The van der Waals surface area contributed by atoms with E-state index in [0.717, 1.165) is 13.1 Å². The van der Waals surface area contributed by atoms with Crippen LogP contribution in [0, 0.1) is 0 Å². The average Bonchev–Trinajstić information content (AvgIpc) is 2.29. The maximum absolute atomic E-state index is 5.86. The second-order valence-corrected chi connectivity index (χ2v) is 5.08. The Morgan fingerprint density at radius 1 is 1.06 bits per heavy atom. The average molecular weight is 234 g/mol. The van der Waals surface area contributed by atoms with Crippen LogP contribution < -0.4 is 16.4 Å². The van der Waals surface area contributed by atoms with Crippen molar-refractivity contribution in [1.29, 1.82) is 0 Å². The molecule has 0 saturated carbocycles. The zero-order valence-electron chi connectivity index (χ0n) is 10.9. The van der Waals surface area contributed by atoms with Gasteiger partial charge in [-0.25, -0.2) is 0 Å². The van der Waals surface area contributed by atoms with E-state index in [1.165, 1.54) is 5.69 Å². The highest BCUT2D eigenvalue weighted by Crippen LogP contribution is 2.26. The smallest absolute Gasteiger partial charge is 0.0568 e. The third kappa shape index (κ3) is 2.31. The quantitative estimate of drug-likeness (QED) is 0.721. The number of hydrogen-bond donors (Lipinski definition) is 2. The minimum Gasteiger partial charge on any atom is -0.397 e. The summed E-state index contributed by atoms with van der Waals surface area (Å²) >= 11 is 0. The first-order valence-electron chi connectivity index (χ1n) is 6.11. The van der Waals surface area contributed by atoms with E-state index in [-0.39, 0.29) is 0 Å². The van der Waals surface area contributed by atoms with Crippen LogP contribution in [0.2, 0.25) is 0 Å². The molecule has 4 N–H and O–H groups in total. The monoisotopic (exact) mass is 234 g/mol. The van der Waals surface area contributed by atoms with Crippen LogP contribution in [0.5, 0.6) is 0 Å². The van der Waals surface area contributed by atoms with Gasteiger partial charge < -0.3 is 16.4 Å². The number of hydrogen-bond acceptors (Lipinski definition) is 4. The Balaban J connectivity index is 2.20. The predicted octanol–water partition coefficient (Wildman–Crippen LogP) is 1.38. The van der Waals surface area contributed by atoms with Crippen molar-refractivity contribution in [2.24, 2.45) is 0 Å². The van der Waals surface area contributed by atoms with E-state index in [9.17, 15) is 0 Å². The summed E-state index contributed by atoms with van der Waals surface area (Å²) in [4.78, 5) is 4.79. The maximum Gasteiger partial charge on any atom is 0.0568 e. The van der Waals surface area contributed by atoms with Gasteiger partial charge in [0.15, 0.2) is 0 Å². The first-order valence-corrected chi connectivity index (χ1v) is 6.11. The molecule has 17 heavy (non-hydrogen) atoms. The van der Waals surface area contributed by atoms with Gasteiger partial charge in [0.25, 0.3) is 0 Å². The van der Waals surface area contributed by atoms with Gasteiger partial charge in [-0.1, -0.05) is 0 Å². The summed E-state index contributed by atoms with van der Waals surface area (Å²) in [5, 5.41) is 0. The Morgan fingerprint density at radius 3 is 2.18 bits per heavy atom. The third-order valence-corrected chi connectivity index (χ3v) is 3.80. The molecule has 1 fully saturated rings. The summed E-state index contributed by atoms with van der Waals surface area (Å²) in [6, 6.07) is 7.02. The molecule has 1 aliphatic heterocycles. The van der Waals surface area contributed by atoms with Gasteiger partial charge in [-0.05, 0) is 39.1 Å². The summed E-state index contributed by atoms with van der Waals surface area (Å²) in [6.45, 7) is 6.57. The summed E-state index contributed by atoms with van der Waals surface area (Å²) < 4.78 is 0. The van der Waals surface area contributed by atoms with Crippen LogP contribution in [-0.2, 0) is 0 Å². The minimum absolute atomic E-state index is 0.553. The Hall–Kier alpha value is -1.42. The molecule has 1 aromatic carbocycles. The third-order valence-electron chi connectivity index (χ3n) is 3.80. The SMILES string of the molecule is CC1CN(c2ccc(N)c(N)c2)CC(C)N1C. The molecule has 4 heteroatoms. The van der Waals surface area contributed by atoms with E-state index < -0.39 is 0 Å². The Kier molecular flexibility index (Phi) is 3.15. The molecule has 0 amide bonds. The molecule has 0 bridgehead atoms. The van der Waals surface area contributed by atoms with E-state index in [2.05, 4.69) is 36.8 Å². The summed E-state index contributed by atoms with van der Waals surface area (Å²) in [5.74, 6) is 0. The molecule has 1 saturated heterocycles. The lowest BCUT2D eigenvalue weighted by atomic mass is 10.1. The normalized spacial score (nSPS) is 26.2. The van der Waals surface area contributed by atoms with Crippen molar-refractivity contribution < 1.29 is 0 Å². The number of nitrogens with zero attached hydrogens (tertiary/aromatic N) is 2. The van der Waals surface area contributed by atoms with E-state index >= 15 is 0 Å². The summed E-state index contributed by atoms with van der Waals surface area (Å²) in [5.41, 5.74) is 14.1. The van der Waals surface area contributed by atoms with Crippen molar-refractivity contribution in [1.82, 2.24) is 4.90 Å². The van der Waals surface area contributed by atoms with Gasteiger partial charge in [-0.2, -0.15) is 0 Å². The number of piperazine rings is 1. The molecular formula is C13H22N4. The first kappa shape index (κ1) is 12.0. The molecule has 4 nitrogen and oxygen atoms in total. The molecular weight excluding hydrogens is 212 g/mol. The number of rotatable bonds is 1.